The molecule has 34 heavy (non-hydrogen) atoms. The number of nitrogens with zero attached hydrogens (tertiary/aromatic N) is 1. The van der Waals surface area contributed by atoms with E-state index < -0.39 is 6.04 Å². The van der Waals surface area contributed by atoms with Gasteiger partial charge in [-0.15, -0.1) is 11.3 Å². The number of aromatic amines is 1. The van der Waals surface area contributed by atoms with Gasteiger partial charge in [-0.2, -0.15) is 0 Å². The monoisotopic (exact) mass is 469 g/mol. The number of para-hydroxylation sites is 1. The molecule has 3 aromatic heterocycles. The Morgan fingerprint density at radius 3 is 2.71 bits per heavy atom. The number of nitrogen functional groups attached to an aromatic ring is 1. The summed E-state index contributed by atoms with van der Waals surface area (Å²) in [5, 5.41) is 9.92. The van der Waals surface area contributed by atoms with Gasteiger partial charge in [0.1, 0.15) is 17.6 Å². The summed E-state index contributed by atoms with van der Waals surface area (Å²) >= 11 is 1.63. The van der Waals surface area contributed by atoms with Crippen molar-refractivity contribution in [3.8, 4) is 0 Å². The largest absolute Gasteiger partial charge is 0.384 e. The van der Waals surface area contributed by atoms with E-state index >= 15 is 0 Å². The number of carbonyl (C=O) groups is 2. The molecule has 170 valence electrons. The van der Waals surface area contributed by atoms with Crippen molar-refractivity contribution in [1.29, 1.82) is 0 Å². The van der Waals surface area contributed by atoms with Crippen LogP contribution in [0.3, 0.4) is 0 Å². The highest BCUT2D eigenvalue weighted by Crippen LogP contribution is 2.26. The fourth-order valence-corrected chi connectivity index (χ4v) is 4.88. The Hall–Kier alpha value is -4.17. The van der Waals surface area contributed by atoms with Gasteiger partial charge < -0.3 is 21.4 Å². The summed E-state index contributed by atoms with van der Waals surface area (Å²) in [6.45, 7) is 0.287. The molecule has 0 saturated carbocycles. The van der Waals surface area contributed by atoms with Crippen LogP contribution in [0.15, 0.2) is 78.3 Å². The third-order valence-corrected chi connectivity index (χ3v) is 6.71. The average molecular weight is 470 g/mol. The fourth-order valence-electron chi connectivity index (χ4n) is 3.90. The summed E-state index contributed by atoms with van der Waals surface area (Å²) in [5.41, 5.74) is 8.77. The van der Waals surface area contributed by atoms with Gasteiger partial charge in [0.15, 0.2) is 0 Å². The van der Waals surface area contributed by atoms with E-state index in [0.29, 0.717) is 17.9 Å². The summed E-state index contributed by atoms with van der Waals surface area (Å²) in [6.07, 6.45) is 2.00. The smallest absolute Gasteiger partial charge is 0.268 e. The SMILES string of the molecule is Nc1ccc(CNC(=O)[C@H](Cc2csc3ccccc23)NC(=O)c2cc3ccccc3[nH]2)cn1. The highest BCUT2D eigenvalue weighted by Gasteiger charge is 2.24. The van der Waals surface area contributed by atoms with Crippen molar-refractivity contribution in [3.63, 3.8) is 0 Å². The minimum atomic E-state index is -0.751. The summed E-state index contributed by atoms with van der Waals surface area (Å²) < 4.78 is 1.14. The minimum Gasteiger partial charge on any atom is -0.384 e. The minimum absolute atomic E-state index is 0.267. The number of amides is 2. The molecular weight excluding hydrogens is 446 g/mol. The number of aromatic nitrogens is 2. The van der Waals surface area contributed by atoms with E-state index in [1.165, 1.54) is 0 Å². The Labute approximate surface area is 200 Å². The number of nitrogens with two attached hydrogens (primary N) is 1. The number of rotatable bonds is 7. The number of carbonyl (C=O) groups excluding carboxylic acids is 2. The van der Waals surface area contributed by atoms with Crippen molar-refractivity contribution in [2.24, 2.45) is 0 Å². The lowest BCUT2D eigenvalue weighted by molar-refractivity contribution is -0.123. The third kappa shape index (κ3) is 4.62. The first-order chi connectivity index (χ1) is 16.6. The molecular formula is C26H23N5O2S. The van der Waals surface area contributed by atoms with Gasteiger partial charge in [-0.1, -0.05) is 42.5 Å². The molecule has 0 spiro atoms. The van der Waals surface area contributed by atoms with Crippen molar-refractivity contribution in [2.45, 2.75) is 19.0 Å². The van der Waals surface area contributed by atoms with Gasteiger partial charge in [0.2, 0.25) is 5.91 Å². The van der Waals surface area contributed by atoms with E-state index in [1.54, 1.807) is 29.7 Å². The molecule has 2 aromatic carbocycles. The van der Waals surface area contributed by atoms with E-state index in [-0.39, 0.29) is 18.4 Å². The van der Waals surface area contributed by atoms with Gasteiger partial charge in [-0.3, -0.25) is 9.59 Å². The molecule has 0 fully saturated rings. The Kier molecular flexibility index (Phi) is 5.97. The topological polar surface area (TPSA) is 113 Å². The van der Waals surface area contributed by atoms with E-state index in [0.717, 1.165) is 32.1 Å². The van der Waals surface area contributed by atoms with E-state index in [1.807, 2.05) is 53.9 Å². The molecule has 5 aromatic rings. The van der Waals surface area contributed by atoms with E-state index in [9.17, 15) is 9.59 Å². The molecule has 5 N–H and O–H groups in total. The second-order valence-corrected chi connectivity index (χ2v) is 8.98. The zero-order valence-corrected chi connectivity index (χ0v) is 19.1. The second-order valence-electron chi connectivity index (χ2n) is 8.07. The van der Waals surface area contributed by atoms with Crippen LogP contribution < -0.4 is 16.4 Å². The van der Waals surface area contributed by atoms with Gasteiger partial charge in [-0.05, 0) is 46.2 Å². The quantitative estimate of drug-likeness (QED) is 0.288. The van der Waals surface area contributed by atoms with Crippen LogP contribution in [0.1, 0.15) is 21.6 Å². The number of H-pyrrole nitrogens is 1. The number of anilines is 1. The zero-order valence-electron chi connectivity index (χ0n) is 18.2. The maximum absolute atomic E-state index is 13.2. The van der Waals surface area contributed by atoms with Crippen LogP contribution in [0.25, 0.3) is 21.0 Å². The Morgan fingerprint density at radius 1 is 1.06 bits per heavy atom. The van der Waals surface area contributed by atoms with Crippen molar-refractivity contribution >= 4 is 50.0 Å². The number of fused-ring (bicyclic) bond motifs is 2. The van der Waals surface area contributed by atoms with Crippen LogP contribution in [0.2, 0.25) is 0 Å². The second kappa shape index (κ2) is 9.36. The molecule has 7 nitrogen and oxygen atoms in total. The van der Waals surface area contributed by atoms with Crippen LogP contribution in [-0.2, 0) is 17.8 Å². The fraction of sp³-hybridized carbons (Fsp3) is 0.115. The lowest BCUT2D eigenvalue weighted by atomic mass is 10.0. The molecule has 0 radical (unpaired) electrons. The lowest BCUT2D eigenvalue weighted by Gasteiger charge is -2.18. The van der Waals surface area contributed by atoms with Crippen LogP contribution in [0.4, 0.5) is 5.82 Å². The van der Waals surface area contributed by atoms with Gasteiger partial charge in [0.25, 0.3) is 5.91 Å². The summed E-state index contributed by atoms with van der Waals surface area (Å²) in [6, 6.07) is 20.3. The van der Waals surface area contributed by atoms with Crippen LogP contribution in [0.5, 0.6) is 0 Å². The van der Waals surface area contributed by atoms with Crippen molar-refractivity contribution in [2.75, 3.05) is 5.73 Å². The molecule has 2 amide bonds. The first kappa shape index (κ1) is 21.7. The van der Waals surface area contributed by atoms with Crippen molar-refractivity contribution < 1.29 is 9.59 Å². The van der Waals surface area contributed by atoms with Gasteiger partial charge in [0.05, 0.1) is 0 Å². The number of nitrogens with one attached hydrogen (secondary N) is 3. The van der Waals surface area contributed by atoms with E-state index in [2.05, 4.69) is 26.7 Å². The maximum atomic E-state index is 13.2. The molecule has 5 rings (SSSR count). The van der Waals surface area contributed by atoms with Crippen molar-refractivity contribution in [1.82, 2.24) is 20.6 Å². The standard InChI is InChI=1S/C26H23N5O2S/c27-24-10-9-16(13-28-24)14-29-25(32)21(12-18-15-34-23-8-4-2-6-19(18)23)31-26(33)22-11-17-5-1-3-7-20(17)30-22/h1-11,13,15,21,30H,12,14H2,(H2,27,28)(H,29,32)(H,31,33)/t21-/m0/s1. The molecule has 0 bridgehead atoms. The highest BCUT2D eigenvalue weighted by atomic mass is 32.1. The maximum Gasteiger partial charge on any atom is 0.268 e. The van der Waals surface area contributed by atoms with E-state index in [4.69, 9.17) is 5.73 Å². The predicted molar refractivity (Wildman–Crippen MR) is 136 cm³/mol. The first-order valence-corrected chi connectivity index (χ1v) is 11.8. The molecule has 8 heteroatoms. The molecule has 1 atom stereocenters. The first-order valence-electron chi connectivity index (χ1n) is 10.9. The third-order valence-electron chi connectivity index (χ3n) is 5.70. The summed E-state index contributed by atoms with van der Waals surface area (Å²) in [5.74, 6) is -0.176. The lowest BCUT2D eigenvalue weighted by Crippen LogP contribution is -2.47. The number of hydrogen-bond donors (Lipinski definition) is 4. The van der Waals surface area contributed by atoms with Crippen LogP contribution in [0, 0.1) is 0 Å². The predicted octanol–water partition coefficient (Wildman–Crippen LogP) is 4.02. The zero-order chi connectivity index (χ0) is 23.5. The number of pyridine rings is 1. The Morgan fingerprint density at radius 2 is 1.88 bits per heavy atom. The Bertz CT molecular complexity index is 1440. The van der Waals surface area contributed by atoms with Crippen LogP contribution >= 0.6 is 11.3 Å². The number of thiophene rings is 1. The summed E-state index contributed by atoms with van der Waals surface area (Å²) in [7, 11) is 0. The van der Waals surface area contributed by atoms with Gasteiger partial charge in [-0.25, -0.2) is 4.98 Å². The molecule has 0 aliphatic carbocycles. The molecule has 0 aliphatic rings. The molecule has 0 saturated heterocycles. The Balaban J connectivity index is 1.37. The van der Waals surface area contributed by atoms with Gasteiger partial charge in [0, 0.05) is 34.8 Å². The molecule has 3 heterocycles. The van der Waals surface area contributed by atoms with Crippen molar-refractivity contribution in [3.05, 3.63) is 95.1 Å². The van der Waals surface area contributed by atoms with Gasteiger partial charge >= 0.3 is 0 Å². The molecule has 0 aliphatic heterocycles. The summed E-state index contributed by atoms with van der Waals surface area (Å²) in [4.78, 5) is 33.5. The average Bonchev–Trinajstić information content (AvgIpc) is 3.47. The van der Waals surface area contributed by atoms with Crippen LogP contribution in [-0.4, -0.2) is 27.8 Å². The molecule has 0 unspecified atom stereocenters. The number of benzene rings is 2. The normalized spacial score (nSPS) is 12.0. The highest BCUT2D eigenvalue weighted by molar-refractivity contribution is 7.17. The number of hydrogen-bond acceptors (Lipinski definition) is 5.